The lowest BCUT2D eigenvalue weighted by molar-refractivity contribution is -0.137. The van der Waals surface area contributed by atoms with Crippen LogP contribution in [0.2, 0.25) is 0 Å². The fourth-order valence-electron chi connectivity index (χ4n) is 0.828. The number of nitrogens with two attached hydrogens (primary N) is 1. The van der Waals surface area contributed by atoms with E-state index in [2.05, 4.69) is 4.98 Å². The van der Waals surface area contributed by atoms with Crippen LogP contribution in [-0.4, -0.2) is 16.3 Å². The lowest BCUT2D eigenvalue weighted by Gasteiger charge is -2.14. The van der Waals surface area contributed by atoms with E-state index in [4.69, 9.17) is 5.73 Å². The summed E-state index contributed by atoms with van der Waals surface area (Å²) in [6, 6.07) is 0. The van der Waals surface area contributed by atoms with Crippen molar-refractivity contribution in [1.29, 1.82) is 0 Å². The highest BCUT2D eigenvalue weighted by Crippen LogP contribution is 2.33. The van der Waals surface area contributed by atoms with E-state index in [9.17, 15) is 18.0 Å². The molecule has 0 amide bonds. The number of thiazole rings is 1. The van der Waals surface area contributed by atoms with Crippen LogP contribution in [0.15, 0.2) is 6.20 Å². The molecule has 0 aliphatic rings. The fraction of sp³-hybridized carbons (Fsp3) is 0.500. The van der Waals surface area contributed by atoms with Crippen LogP contribution in [-0.2, 0) is 6.18 Å². The Balaban J connectivity index is 3.01. The molecule has 0 aromatic carbocycles. The molecule has 1 rings (SSSR count). The van der Waals surface area contributed by atoms with E-state index in [1.807, 2.05) is 0 Å². The molecule has 0 atom stereocenters. The first-order valence-electron chi connectivity index (χ1n) is 3.99. The summed E-state index contributed by atoms with van der Waals surface area (Å²) in [5.74, 6) is -0.546. The van der Waals surface area contributed by atoms with Crippen molar-refractivity contribution < 1.29 is 18.0 Å². The lowest BCUT2D eigenvalue weighted by Crippen LogP contribution is -2.41. The Kier molecular flexibility index (Phi) is 2.88. The van der Waals surface area contributed by atoms with Crippen molar-refractivity contribution in [3.05, 3.63) is 16.1 Å². The third kappa shape index (κ3) is 2.75. The zero-order valence-corrected chi connectivity index (χ0v) is 8.87. The van der Waals surface area contributed by atoms with Gasteiger partial charge in [-0.3, -0.25) is 4.79 Å². The normalized spacial score (nSPS) is 12.9. The maximum atomic E-state index is 12.2. The first-order valence-corrected chi connectivity index (χ1v) is 4.80. The summed E-state index contributed by atoms with van der Waals surface area (Å²) in [5.41, 5.74) is 4.29. The Morgan fingerprint density at radius 1 is 1.47 bits per heavy atom. The summed E-state index contributed by atoms with van der Waals surface area (Å²) < 4.78 is 36.5. The molecule has 2 N–H and O–H groups in total. The number of carbonyl (C=O) groups excluding carboxylic acids is 1. The molecular weight excluding hydrogens is 229 g/mol. The van der Waals surface area contributed by atoms with Gasteiger partial charge in [-0.25, -0.2) is 4.98 Å². The van der Waals surface area contributed by atoms with Crippen molar-refractivity contribution in [2.24, 2.45) is 5.73 Å². The van der Waals surface area contributed by atoms with Crippen molar-refractivity contribution in [2.75, 3.05) is 0 Å². The van der Waals surface area contributed by atoms with Crippen LogP contribution in [0.25, 0.3) is 0 Å². The number of hydrogen-bond donors (Lipinski definition) is 1. The predicted octanol–water partition coefficient (Wildman–Crippen LogP) is 2.08. The summed E-state index contributed by atoms with van der Waals surface area (Å²) >= 11 is 0.309. The van der Waals surface area contributed by atoms with Gasteiger partial charge in [0.15, 0.2) is 10.8 Å². The van der Waals surface area contributed by atoms with Crippen molar-refractivity contribution in [1.82, 2.24) is 4.98 Å². The second-order valence-corrected chi connectivity index (χ2v) is 4.61. The van der Waals surface area contributed by atoms with E-state index in [-0.39, 0.29) is 4.88 Å². The molecule has 0 unspecified atom stereocenters. The number of ketones is 1. The summed E-state index contributed by atoms with van der Waals surface area (Å²) in [7, 11) is 0. The van der Waals surface area contributed by atoms with Gasteiger partial charge >= 0.3 is 6.18 Å². The van der Waals surface area contributed by atoms with Gasteiger partial charge in [-0.05, 0) is 13.8 Å². The SMILES string of the molecule is CC(C)(N)C(=O)c1cnc(C(F)(F)F)s1. The van der Waals surface area contributed by atoms with Gasteiger partial charge in [0.1, 0.15) is 0 Å². The maximum absolute atomic E-state index is 12.2. The molecule has 84 valence electrons. The Morgan fingerprint density at radius 3 is 2.33 bits per heavy atom. The van der Waals surface area contributed by atoms with Crippen molar-refractivity contribution in [3.8, 4) is 0 Å². The quantitative estimate of drug-likeness (QED) is 0.802. The standard InChI is InChI=1S/C8H9F3N2OS/c1-7(2,12)5(14)4-3-13-6(15-4)8(9,10)11/h3H,12H2,1-2H3. The topological polar surface area (TPSA) is 56.0 Å². The van der Waals surface area contributed by atoms with Gasteiger partial charge in [0, 0.05) is 6.20 Å². The molecular formula is C8H9F3N2OS. The predicted molar refractivity (Wildman–Crippen MR) is 49.7 cm³/mol. The summed E-state index contributed by atoms with van der Waals surface area (Å²) in [6.45, 7) is 2.87. The van der Waals surface area contributed by atoms with Crippen LogP contribution in [0, 0.1) is 0 Å². The first kappa shape index (κ1) is 12.1. The van der Waals surface area contributed by atoms with Crippen LogP contribution in [0.5, 0.6) is 0 Å². The van der Waals surface area contributed by atoms with Crippen LogP contribution < -0.4 is 5.73 Å². The Morgan fingerprint density at radius 2 is 2.00 bits per heavy atom. The number of rotatable bonds is 2. The van der Waals surface area contributed by atoms with E-state index in [0.717, 1.165) is 6.20 Å². The lowest BCUT2D eigenvalue weighted by atomic mass is 10.0. The Hall–Kier alpha value is -0.950. The number of alkyl halides is 3. The van der Waals surface area contributed by atoms with Crippen LogP contribution in [0.4, 0.5) is 13.2 Å². The van der Waals surface area contributed by atoms with E-state index in [1.54, 1.807) is 0 Å². The molecule has 1 aromatic heterocycles. The summed E-state index contributed by atoms with van der Waals surface area (Å²) in [4.78, 5) is 14.5. The van der Waals surface area contributed by atoms with E-state index in [0.29, 0.717) is 11.3 Å². The minimum atomic E-state index is -4.51. The zero-order chi connectivity index (χ0) is 11.9. The number of carbonyl (C=O) groups is 1. The summed E-state index contributed by atoms with van der Waals surface area (Å²) in [6.07, 6.45) is -3.60. The first-order chi connectivity index (χ1) is 6.62. The zero-order valence-electron chi connectivity index (χ0n) is 8.05. The largest absolute Gasteiger partial charge is 0.443 e. The average molecular weight is 238 g/mol. The van der Waals surface area contributed by atoms with E-state index >= 15 is 0 Å². The number of aromatic nitrogens is 1. The molecule has 1 aromatic rings. The molecule has 0 spiro atoms. The molecule has 0 radical (unpaired) electrons. The Bertz CT molecular complexity index is 378. The van der Waals surface area contributed by atoms with Crippen molar-refractivity contribution in [2.45, 2.75) is 25.6 Å². The highest BCUT2D eigenvalue weighted by molar-refractivity contribution is 7.13. The highest BCUT2D eigenvalue weighted by Gasteiger charge is 2.36. The van der Waals surface area contributed by atoms with Gasteiger partial charge in [0.05, 0.1) is 10.4 Å². The molecule has 7 heteroatoms. The fourth-order valence-corrected chi connectivity index (χ4v) is 1.72. The Labute approximate surface area is 88.1 Å². The third-order valence-corrected chi connectivity index (χ3v) is 2.60. The van der Waals surface area contributed by atoms with Crippen molar-refractivity contribution in [3.63, 3.8) is 0 Å². The van der Waals surface area contributed by atoms with Crippen molar-refractivity contribution >= 4 is 17.1 Å². The van der Waals surface area contributed by atoms with Gasteiger partial charge in [-0.15, -0.1) is 11.3 Å². The minimum absolute atomic E-state index is 0.0742. The van der Waals surface area contributed by atoms with Gasteiger partial charge < -0.3 is 5.73 Å². The molecule has 3 nitrogen and oxygen atoms in total. The average Bonchev–Trinajstić information content (AvgIpc) is 2.47. The second kappa shape index (κ2) is 3.57. The van der Waals surface area contributed by atoms with Gasteiger partial charge in [0.2, 0.25) is 0 Å². The van der Waals surface area contributed by atoms with E-state index < -0.39 is 22.5 Å². The number of halogens is 3. The van der Waals surface area contributed by atoms with Gasteiger partial charge in [0.25, 0.3) is 0 Å². The third-order valence-electron chi connectivity index (χ3n) is 1.56. The monoisotopic (exact) mass is 238 g/mol. The number of Topliss-reactive ketones (excluding diaryl/α,β-unsaturated/α-hetero) is 1. The molecule has 15 heavy (non-hydrogen) atoms. The van der Waals surface area contributed by atoms with Crippen LogP contribution in [0.1, 0.15) is 28.5 Å². The van der Waals surface area contributed by atoms with E-state index in [1.165, 1.54) is 13.8 Å². The smallest absolute Gasteiger partial charge is 0.319 e. The number of hydrogen-bond acceptors (Lipinski definition) is 4. The van der Waals surface area contributed by atoms with Crippen LogP contribution >= 0.6 is 11.3 Å². The van der Waals surface area contributed by atoms with Crippen LogP contribution in [0.3, 0.4) is 0 Å². The second-order valence-electron chi connectivity index (χ2n) is 3.58. The number of nitrogens with zero attached hydrogens (tertiary/aromatic N) is 1. The van der Waals surface area contributed by atoms with Gasteiger partial charge in [-0.1, -0.05) is 0 Å². The minimum Gasteiger partial charge on any atom is -0.319 e. The molecule has 0 saturated heterocycles. The van der Waals surface area contributed by atoms with Gasteiger partial charge in [-0.2, -0.15) is 13.2 Å². The molecule has 0 aliphatic carbocycles. The molecule has 1 heterocycles. The molecule has 0 saturated carbocycles. The maximum Gasteiger partial charge on any atom is 0.443 e. The molecule has 0 fully saturated rings. The highest BCUT2D eigenvalue weighted by atomic mass is 32.1. The molecule has 0 aliphatic heterocycles. The molecule has 0 bridgehead atoms. The summed E-state index contributed by atoms with van der Waals surface area (Å²) in [5, 5.41) is -1.03.